The SMILES string of the molecule is CC/C=C\C/C=C\C/C=C\C/C=C\CCCCC(=O)OCC(COC(=O)CCCCCCCCCCCCCCCCC/C=C\C/C=C\CCCCCCC)OC(=O)CCCCCCCCCCCCCCCCCCC. The van der Waals surface area contributed by atoms with E-state index in [9.17, 15) is 14.4 Å². The monoisotopic (exact) mass is 1070 g/mol. The second kappa shape index (κ2) is 65.4. The Kier molecular flexibility index (Phi) is 62.7. The summed E-state index contributed by atoms with van der Waals surface area (Å²) in [6.07, 6.45) is 85.0. The average Bonchev–Trinajstić information content (AvgIpc) is 3.43. The first-order valence-corrected chi connectivity index (χ1v) is 33.4. The Hall–Kier alpha value is -3.15. The number of rotatable bonds is 61. The van der Waals surface area contributed by atoms with Gasteiger partial charge in [-0.3, -0.25) is 14.4 Å². The van der Waals surface area contributed by atoms with Crippen LogP contribution in [0.4, 0.5) is 0 Å². The van der Waals surface area contributed by atoms with Crippen LogP contribution in [0.3, 0.4) is 0 Å². The standard InChI is InChI=1S/C71H126O6/c1-4-7-10-13-16-19-22-25-28-30-31-32-33-34-35-36-37-38-39-41-43-46-49-52-55-58-61-64-70(73)76-67-68(66-75-69(72)63-60-57-54-51-48-45-42-27-24-21-18-15-12-9-6-3)77-71(74)65-62-59-56-53-50-47-44-40-29-26-23-20-17-14-11-8-5-2/h9,12,18,21-22,25,27,30-31,42,48,51,68H,4-8,10-11,13-17,19-20,23-24,26,28-29,32-41,43-47,49-50,52-67H2,1-3H3/b12-9-,21-18-,25-22-,31-30-,42-27-,51-48-. The van der Waals surface area contributed by atoms with Gasteiger partial charge in [-0.25, -0.2) is 0 Å². The minimum Gasteiger partial charge on any atom is -0.462 e. The zero-order chi connectivity index (χ0) is 55.7. The molecule has 0 saturated heterocycles. The lowest BCUT2D eigenvalue weighted by Crippen LogP contribution is -2.30. The Labute approximate surface area is 478 Å². The van der Waals surface area contributed by atoms with E-state index < -0.39 is 6.10 Å². The van der Waals surface area contributed by atoms with E-state index in [2.05, 4.69) is 93.7 Å². The largest absolute Gasteiger partial charge is 0.462 e. The van der Waals surface area contributed by atoms with Crippen molar-refractivity contribution in [3.05, 3.63) is 72.9 Å². The lowest BCUT2D eigenvalue weighted by atomic mass is 10.0. The maximum atomic E-state index is 12.9. The molecule has 0 radical (unpaired) electrons. The number of esters is 3. The van der Waals surface area contributed by atoms with Crippen molar-refractivity contribution < 1.29 is 28.6 Å². The lowest BCUT2D eigenvalue weighted by Gasteiger charge is -2.18. The van der Waals surface area contributed by atoms with Gasteiger partial charge in [-0.1, -0.05) is 306 Å². The number of hydrogen-bond acceptors (Lipinski definition) is 6. The van der Waals surface area contributed by atoms with E-state index in [-0.39, 0.29) is 31.1 Å². The van der Waals surface area contributed by atoms with Crippen molar-refractivity contribution in [2.75, 3.05) is 13.2 Å². The van der Waals surface area contributed by atoms with Gasteiger partial charge in [0.1, 0.15) is 13.2 Å². The van der Waals surface area contributed by atoms with E-state index in [4.69, 9.17) is 14.2 Å². The normalized spacial score (nSPS) is 12.5. The molecule has 0 fully saturated rings. The zero-order valence-electron chi connectivity index (χ0n) is 51.2. The fourth-order valence-corrected chi connectivity index (χ4v) is 9.70. The summed E-state index contributed by atoms with van der Waals surface area (Å²) >= 11 is 0. The quantitative estimate of drug-likeness (QED) is 0.0261. The first kappa shape index (κ1) is 73.8. The predicted octanol–water partition coefficient (Wildman–Crippen LogP) is 22.9. The smallest absolute Gasteiger partial charge is 0.306 e. The van der Waals surface area contributed by atoms with E-state index in [0.29, 0.717) is 19.3 Å². The van der Waals surface area contributed by atoms with E-state index in [1.54, 1.807) is 0 Å². The summed E-state index contributed by atoms with van der Waals surface area (Å²) in [5, 5.41) is 0. The van der Waals surface area contributed by atoms with Crippen LogP contribution < -0.4 is 0 Å². The lowest BCUT2D eigenvalue weighted by molar-refractivity contribution is -0.167. The van der Waals surface area contributed by atoms with E-state index >= 15 is 0 Å². The van der Waals surface area contributed by atoms with Crippen LogP contribution in [0.15, 0.2) is 72.9 Å². The summed E-state index contributed by atoms with van der Waals surface area (Å²) in [5.74, 6) is -0.909. The molecule has 1 unspecified atom stereocenters. The second-order valence-electron chi connectivity index (χ2n) is 22.4. The van der Waals surface area contributed by atoms with Crippen LogP contribution in [0.1, 0.15) is 342 Å². The van der Waals surface area contributed by atoms with Crippen molar-refractivity contribution in [3.63, 3.8) is 0 Å². The molecule has 0 aliphatic carbocycles. The number of carbonyl (C=O) groups excluding carboxylic acids is 3. The minimum atomic E-state index is -0.791. The Morgan fingerprint density at radius 3 is 0.818 bits per heavy atom. The molecule has 0 aromatic rings. The highest BCUT2D eigenvalue weighted by molar-refractivity contribution is 5.71. The van der Waals surface area contributed by atoms with Crippen molar-refractivity contribution in [2.45, 2.75) is 348 Å². The van der Waals surface area contributed by atoms with Gasteiger partial charge in [0.05, 0.1) is 0 Å². The Balaban J connectivity index is 4.29. The van der Waals surface area contributed by atoms with Crippen molar-refractivity contribution >= 4 is 17.9 Å². The van der Waals surface area contributed by atoms with Gasteiger partial charge in [-0.2, -0.15) is 0 Å². The highest BCUT2D eigenvalue weighted by atomic mass is 16.6. The zero-order valence-corrected chi connectivity index (χ0v) is 51.2. The molecule has 6 heteroatoms. The van der Waals surface area contributed by atoms with Crippen LogP contribution in [-0.2, 0) is 28.6 Å². The minimum absolute atomic E-state index is 0.0849. The molecule has 0 aliphatic heterocycles. The van der Waals surface area contributed by atoms with Crippen LogP contribution in [0, 0.1) is 0 Å². The first-order chi connectivity index (χ1) is 38.0. The van der Waals surface area contributed by atoms with Crippen LogP contribution in [-0.4, -0.2) is 37.2 Å². The third-order valence-corrected chi connectivity index (χ3v) is 14.7. The number of ether oxygens (including phenoxy) is 3. The Bertz CT molecular complexity index is 1420. The number of hydrogen-bond donors (Lipinski definition) is 0. The summed E-state index contributed by atoms with van der Waals surface area (Å²) in [5.41, 5.74) is 0. The van der Waals surface area contributed by atoms with E-state index in [1.165, 1.54) is 212 Å². The summed E-state index contributed by atoms with van der Waals surface area (Å²) in [6, 6.07) is 0. The molecule has 0 bridgehead atoms. The van der Waals surface area contributed by atoms with Crippen LogP contribution in [0.2, 0.25) is 0 Å². The van der Waals surface area contributed by atoms with Crippen molar-refractivity contribution in [2.24, 2.45) is 0 Å². The third-order valence-electron chi connectivity index (χ3n) is 14.7. The molecule has 6 nitrogen and oxygen atoms in total. The molecule has 0 N–H and O–H groups in total. The molecule has 0 rings (SSSR count). The van der Waals surface area contributed by atoms with Crippen molar-refractivity contribution in [1.82, 2.24) is 0 Å². The number of allylic oxidation sites excluding steroid dienone is 12. The molecular formula is C71H126O6. The van der Waals surface area contributed by atoms with Crippen molar-refractivity contribution in [1.29, 1.82) is 0 Å². The third kappa shape index (κ3) is 63.6. The highest BCUT2D eigenvalue weighted by Crippen LogP contribution is 2.17. The van der Waals surface area contributed by atoms with Crippen LogP contribution >= 0.6 is 0 Å². The highest BCUT2D eigenvalue weighted by Gasteiger charge is 2.19. The topological polar surface area (TPSA) is 78.9 Å². The van der Waals surface area contributed by atoms with E-state index in [1.807, 2.05) is 0 Å². The molecule has 446 valence electrons. The molecule has 77 heavy (non-hydrogen) atoms. The average molecular weight is 1080 g/mol. The molecule has 0 aromatic heterocycles. The van der Waals surface area contributed by atoms with Crippen LogP contribution in [0.25, 0.3) is 0 Å². The van der Waals surface area contributed by atoms with Gasteiger partial charge < -0.3 is 14.2 Å². The summed E-state index contributed by atoms with van der Waals surface area (Å²) in [7, 11) is 0. The maximum Gasteiger partial charge on any atom is 0.306 e. The van der Waals surface area contributed by atoms with Gasteiger partial charge in [0.2, 0.25) is 0 Å². The Morgan fingerprint density at radius 1 is 0.273 bits per heavy atom. The van der Waals surface area contributed by atoms with Gasteiger partial charge in [-0.15, -0.1) is 0 Å². The van der Waals surface area contributed by atoms with Gasteiger partial charge >= 0.3 is 17.9 Å². The summed E-state index contributed by atoms with van der Waals surface area (Å²) < 4.78 is 16.9. The summed E-state index contributed by atoms with van der Waals surface area (Å²) in [6.45, 7) is 6.53. The predicted molar refractivity (Wildman–Crippen MR) is 335 cm³/mol. The molecule has 0 amide bonds. The fraction of sp³-hybridized carbons (Fsp3) is 0.789. The first-order valence-electron chi connectivity index (χ1n) is 33.4. The van der Waals surface area contributed by atoms with E-state index in [0.717, 1.165) is 89.9 Å². The molecule has 0 spiro atoms. The van der Waals surface area contributed by atoms with Gasteiger partial charge in [0.15, 0.2) is 6.10 Å². The van der Waals surface area contributed by atoms with Gasteiger partial charge in [0, 0.05) is 19.3 Å². The molecule has 0 heterocycles. The molecule has 1 atom stereocenters. The molecule has 0 aliphatic rings. The van der Waals surface area contributed by atoms with Gasteiger partial charge in [0.25, 0.3) is 0 Å². The van der Waals surface area contributed by atoms with Gasteiger partial charge in [-0.05, 0) is 89.9 Å². The Morgan fingerprint density at radius 2 is 0.506 bits per heavy atom. The molecular weight excluding hydrogens is 949 g/mol. The summed E-state index contributed by atoms with van der Waals surface area (Å²) in [4.78, 5) is 38.3. The number of unbranched alkanes of at least 4 members (excludes halogenated alkanes) is 38. The molecule has 0 saturated carbocycles. The van der Waals surface area contributed by atoms with Crippen LogP contribution in [0.5, 0.6) is 0 Å². The maximum absolute atomic E-state index is 12.9. The fourth-order valence-electron chi connectivity index (χ4n) is 9.70. The molecule has 0 aromatic carbocycles. The second-order valence-corrected chi connectivity index (χ2v) is 22.4. The number of carbonyl (C=O) groups is 3. The van der Waals surface area contributed by atoms with Crippen molar-refractivity contribution in [3.8, 4) is 0 Å².